The third-order valence-electron chi connectivity index (χ3n) is 5.32. The maximum absolute atomic E-state index is 12.0. The van der Waals surface area contributed by atoms with Crippen molar-refractivity contribution in [1.82, 2.24) is 0 Å². The Balaban J connectivity index is 2.55. The van der Waals surface area contributed by atoms with E-state index in [-0.39, 0.29) is 5.88 Å². The quantitative estimate of drug-likeness (QED) is 0.198. The third-order valence-corrected chi connectivity index (χ3v) is 6.53. The molecule has 2 aliphatic heterocycles. The van der Waals surface area contributed by atoms with Crippen molar-refractivity contribution in [2.75, 3.05) is 18.4 Å². The maximum atomic E-state index is 12.0. The summed E-state index contributed by atoms with van der Waals surface area (Å²) in [4.78, 5) is 59.0. The lowest BCUT2D eigenvalue weighted by Crippen LogP contribution is -2.63. The third kappa shape index (κ3) is 8.06. The number of rotatable bonds is 10. The van der Waals surface area contributed by atoms with Gasteiger partial charge in [-0.15, -0.1) is 34.8 Å². The molecule has 0 aromatic heterocycles. The summed E-state index contributed by atoms with van der Waals surface area (Å²) < 4.78 is 44.3. The highest BCUT2D eigenvalue weighted by Crippen LogP contribution is 2.42. The Morgan fingerprint density at radius 2 is 1.26 bits per heavy atom. The van der Waals surface area contributed by atoms with Crippen LogP contribution >= 0.6 is 34.8 Å². The lowest BCUT2D eigenvalue weighted by Gasteiger charge is -2.45. The van der Waals surface area contributed by atoms with Gasteiger partial charge in [0, 0.05) is 34.6 Å². The van der Waals surface area contributed by atoms with Gasteiger partial charge in [-0.05, 0) is 0 Å². The minimum atomic E-state index is -2.07. The Labute approximate surface area is 233 Å². The largest absolute Gasteiger partial charge is 0.463 e. The molecule has 2 aliphatic rings. The van der Waals surface area contributed by atoms with Gasteiger partial charge in [-0.3, -0.25) is 24.0 Å². The second-order valence-electron chi connectivity index (χ2n) is 8.42. The van der Waals surface area contributed by atoms with Crippen molar-refractivity contribution >= 4 is 64.6 Å². The first-order chi connectivity index (χ1) is 17.7. The highest BCUT2D eigenvalue weighted by Gasteiger charge is 2.63. The van der Waals surface area contributed by atoms with E-state index < -0.39 is 96.4 Å². The molecule has 13 nitrogen and oxygen atoms in total. The van der Waals surface area contributed by atoms with Crippen LogP contribution in [0, 0.1) is 0 Å². The van der Waals surface area contributed by atoms with Crippen molar-refractivity contribution in [2.24, 2.45) is 0 Å². The number of hydrogen-bond donors (Lipinski definition) is 0. The van der Waals surface area contributed by atoms with Gasteiger partial charge in [-0.1, -0.05) is 0 Å². The molecular weight excluding hydrogens is 579 g/mol. The van der Waals surface area contributed by atoms with Gasteiger partial charge in [0.15, 0.2) is 24.4 Å². The molecule has 38 heavy (non-hydrogen) atoms. The van der Waals surface area contributed by atoms with Crippen LogP contribution in [0.5, 0.6) is 0 Å². The number of esters is 5. The van der Waals surface area contributed by atoms with Crippen LogP contribution < -0.4 is 0 Å². The molecule has 0 radical (unpaired) electrons. The zero-order valence-electron chi connectivity index (χ0n) is 21.2. The lowest BCUT2D eigenvalue weighted by molar-refractivity contribution is -0.359. The van der Waals surface area contributed by atoms with E-state index in [1.165, 1.54) is 0 Å². The number of halogens is 3. The molecular formula is C22H29Cl3O13. The van der Waals surface area contributed by atoms with E-state index in [0.717, 1.165) is 34.6 Å². The predicted octanol–water partition coefficient (Wildman–Crippen LogP) is 1.20. The molecule has 7 unspecified atom stereocenters. The highest BCUT2D eigenvalue weighted by atomic mass is 35.5. The van der Waals surface area contributed by atoms with Crippen LogP contribution in [0.15, 0.2) is 0 Å². The summed E-state index contributed by atoms with van der Waals surface area (Å²) in [6, 6.07) is 0. The van der Waals surface area contributed by atoms with Crippen LogP contribution in [0.1, 0.15) is 34.6 Å². The van der Waals surface area contributed by atoms with Crippen molar-refractivity contribution in [3.63, 3.8) is 0 Å². The molecule has 2 saturated heterocycles. The van der Waals surface area contributed by atoms with E-state index in [9.17, 15) is 24.0 Å². The summed E-state index contributed by atoms with van der Waals surface area (Å²) in [5, 5.41) is -1.17. The fourth-order valence-electron chi connectivity index (χ4n) is 3.99. The van der Waals surface area contributed by atoms with Crippen LogP contribution in [-0.4, -0.2) is 102 Å². The number of carbonyl (C=O) groups is 5. The molecule has 0 aliphatic carbocycles. The number of alkyl halides is 3. The van der Waals surface area contributed by atoms with Crippen LogP contribution in [0.2, 0.25) is 0 Å². The van der Waals surface area contributed by atoms with Crippen molar-refractivity contribution in [3.05, 3.63) is 0 Å². The SMILES string of the molecule is CC(=O)OCC1OC(OC2(CCl)OC(CCl)[C@H](OC(C)=O)[C@H]2OC(C)=O)C(OC(C)=O)C(OC(C)=O)C1Cl. The second-order valence-corrected chi connectivity index (χ2v) is 9.50. The van der Waals surface area contributed by atoms with Crippen LogP contribution in [0.25, 0.3) is 0 Å². The van der Waals surface area contributed by atoms with Gasteiger partial charge in [0.05, 0.1) is 11.8 Å². The minimum Gasteiger partial charge on any atom is -0.463 e. The van der Waals surface area contributed by atoms with Gasteiger partial charge in [-0.25, -0.2) is 0 Å². The second kappa shape index (κ2) is 13.9. The zero-order valence-corrected chi connectivity index (χ0v) is 23.4. The molecule has 2 fully saturated rings. The fraction of sp³-hybridized carbons (Fsp3) is 0.773. The molecule has 0 bridgehead atoms. The summed E-state index contributed by atoms with van der Waals surface area (Å²) >= 11 is 18.8. The molecule has 216 valence electrons. The van der Waals surface area contributed by atoms with Gasteiger partial charge in [0.2, 0.25) is 12.1 Å². The van der Waals surface area contributed by atoms with E-state index in [1.54, 1.807) is 0 Å². The van der Waals surface area contributed by atoms with Crippen LogP contribution in [-0.2, 0) is 61.9 Å². The molecule has 0 N–H and O–H groups in total. The molecule has 16 heteroatoms. The Morgan fingerprint density at radius 1 is 0.737 bits per heavy atom. The number of ether oxygens (including phenoxy) is 8. The maximum Gasteiger partial charge on any atom is 0.303 e. The van der Waals surface area contributed by atoms with Crippen LogP contribution in [0.4, 0.5) is 0 Å². The van der Waals surface area contributed by atoms with Crippen LogP contribution in [0.3, 0.4) is 0 Å². The zero-order chi connectivity index (χ0) is 28.8. The van der Waals surface area contributed by atoms with Crippen molar-refractivity contribution < 1.29 is 61.9 Å². The van der Waals surface area contributed by atoms with Crippen molar-refractivity contribution in [1.29, 1.82) is 0 Å². The molecule has 0 aromatic carbocycles. The topological polar surface area (TPSA) is 159 Å². The van der Waals surface area contributed by atoms with Gasteiger partial charge in [0.25, 0.3) is 0 Å². The highest BCUT2D eigenvalue weighted by molar-refractivity contribution is 6.21. The Kier molecular flexibility index (Phi) is 11.9. The molecule has 2 rings (SSSR count). The normalized spacial score (nSPS) is 34.6. The lowest BCUT2D eigenvalue weighted by atomic mass is 10.0. The van der Waals surface area contributed by atoms with E-state index in [0.29, 0.717) is 0 Å². The Hall–Kier alpha value is -1.90. The summed E-state index contributed by atoms with van der Waals surface area (Å²) in [5.41, 5.74) is 0. The van der Waals surface area contributed by atoms with Gasteiger partial charge in [0.1, 0.15) is 24.2 Å². The van der Waals surface area contributed by atoms with Gasteiger partial charge >= 0.3 is 29.8 Å². The molecule has 0 spiro atoms. The monoisotopic (exact) mass is 606 g/mol. The average molecular weight is 608 g/mol. The summed E-state index contributed by atoms with van der Waals surface area (Å²) in [6.45, 7) is 5.18. The Bertz CT molecular complexity index is 902. The number of hydrogen-bond acceptors (Lipinski definition) is 13. The molecule has 9 atom stereocenters. The van der Waals surface area contributed by atoms with E-state index in [1.807, 2.05) is 0 Å². The van der Waals surface area contributed by atoms with Gasteiger partial charge in [-0.2, -0.15) is 0 Å². The molecule has 0 amide bonds. The first-order valence-electron chi connectivity index (χ1n) is 11.3. The average Bonchev–Trinajstić information content (AvgIpc) is 3.08. The summed E-state index contributed by atoms with van der Waals surface area (Å²) in [6.07, 6.45) is -9.38. The number of carbonyl (C=O) groups excluding carboxylic acids is 5. The summed E-state index contributed by atoms with van der Waals surface area (Å²) in [5.74, 6) is -6.59. The summed E-state index contributed by atoms with van der Waals surface area (Å²) in [7, 11) is 0. The smallest absolute Gasteiger partial charge is 0.303 e. The molecule has 2 heterocycles. The van der Waals surface area contributed by atoms with E-state index >= 15 is 0 Å². The van der Waals surface area contributed by atoms with E-state index in [2.05, 4.69) is 0 Å². The first kappa shape index (κ1) is 32.3. The van der Waals surface area contributed by atoms with Crippen molar-refractivity contribution in [3.8, 4) is 0 Å². The van der Waals surface area contributed by atoms with Gasteiger partial charge < -0.3 is 37.9 Å². The minimum absolute atomic E-state index is 0.231. The Morgan fingerprint density at radius 3 is 1.74 bits per heavy atom. The predicted molar refractivity (Wildman–Crippen MR) is 127 cm³/mol. The first-order valence-corrected chi connectivity index (χ1v) is 12.8. The van der Waals surface area contributed by atoms with Crippen molar-refractivity contribution in [2.45, 2.75) is 88.7 Å². The molecule has 0 saturated carbocycles. The molecule has 0 aromatic rings. The van der Waals surface area contributed by atoms with E-state index in [4.69, 9.17) is 72.7 Å². The fourth-order valence-corrected chi connectivity index (χ4v) is 4.83. The standard InChI is InChI=1S/C22H29Cl3O13/c1-9(26)31-7-15-16(25)18(33-11(3)28)19(34-12(4)29)21(36-15)38-22(8-24)20(35-13(5)30)17(32-10(2)27)14(6-23)37-22/h14-21H,6-8H2,1-5H3/t14?,15?,16?,17-,18?,19?,20+,21?,22?/m0/s1.